The molecule has 1 saturated heterocycles. The zero-order chi connectivity index (χ0) is 17.6. The van der Waals surface area contributed by atoms with E-state index in [1.165, 1.54) is 51.7 Å². The van der Waals surface area contributed by atoms with Gasteiger partial charge in [-0.3, -0.25) is 0 Å². The normalized spacial score (nSPS) is 48.4. The Balaban J connectivity index is 1.35. The predicted octanol–water partition coefficient (Wildman–Crippen LogP) is 5.65. The summed E-state index contributed by atoms with van der Waals surface area (Å²) >= 11 is 0. The van der Waals surface area contributed by atoms with Gasteiger partial charge in [-0.05, 0) is 91.6 Å². The van der Waals surface area contributed by atoms with Crippen LogP contribution in [0.15, 0.2) is 30.3 Å². The molecule has 1 nitrogen and oxygen atoms in total. The molecule has 4 aliphatic carbocycles. The Morgan fingerprint density at radius 3 is 2.69 bits per heavy atom. The number of hydrogen-bond donors (Lipinski definition) is 0. The third-order valence-electron chi connectivity index (χ3n) is 9.55. The van der Waals surface area contributed by atoms with E-state index in [-0.39, 0.29) is 0 Å². The highest BCUT2D eigenvalue weighted by molar-refractivity contribution is 5.41. The van der Waals surface area contributed by atoms with E-state index in [9.17, 15) is 0 Å². The van der Waals surface area contributed by atoms with Crippen LogP contribution in [0.25, 0.3) is 0 Å². The van der Waals surface area contributed by atoms with Crippen molar-refractivity contribution in [1.29, 1.82) is 0 Å². The number of nitrogens with zero attached hydrogens (tertiary/aromatic N) is 1. The van der Waals surface area contributed by atoms with Crippen molar-refractivity contribution >= 4 is 0 Å². The van der Waals surface area contributed by atoms with E-state index >= 15 is 0 Å². The standard InChI is InChI=1S/C25H35N/c1-22(2)9-6-10-26(17-22)18-23-12-19-11-21-14-25(16-23,24(21,13-19)15-23)20-7-4-3-5-8-20/h3-5,7-8,19,21H,6,9-18H2,1-2H3. The second-order valence-electron chi connectivity index (χ2n) is 11.8. The molecule has 0 radical (unpaired) electrons. The molecule has 1 heteroatoms. The van der Waals surface area contributed by atoms with Gasteiger partial charge in [-0.2, -0.15) is 0 Å². The Hall–Kier alpha value is -0.820. The topological polar surface area (TPSA) is 3.24 Å². The Morgan fingerprint density at radius 1 is 1.04 bits per heavy atom. The van der Waals surface area contributed by atoms with E-state index in [1.54, 1.807) is 24.8 Å². The molecular formula is C25H35N. The van der Waals surface area contributed by atoms with E-state index in [0.29, 0.717) is 21.7 Å². The molecule has 3 bridgehead atoms. The van der Waals surface area contributed by atoms with E-state index in [0.717, 1.165) is 11.8 Å². The summed E-state index contributed by atoms with van der Waals surface area (Å²) in [6.07, 6.45) is 12.0. The molecule has 5 aliphatic rings. The molecule has 140 valence electrons. The molecule has 4 saturated carbocycles. The van der Waals surface area contributed by atoms with Crippen molar-refractivity contribution in [1.82, 2.24) is 4.90 Å². The average Bonchev–Trinajstić information content (AvgIpc) is 2.89. The summed E-state index contributed by atoms with van der Waals surface area (Å²) in [4.78, 5) is 2.88. The minimum Gasteiger partial charge on any atom is -0.302 e. The van der Waals surface area contributed by atoms with Gasteiger partial charge < -0.3 is 4.90 Å². The Labute approximate surface area is 159 Å². The molecule has 5 fully saturated rings. The van der Waals surface area contributed by atoms with Crippen molar-refractivity contribution in [3.05, 3.63) is 35.9 Å². The molecule has 1 spiro atoms. The first kappa shape index (κ1) is 16.2. The third-order valence-corrected chi connectivity index (χ3v) is 9.55. The summed E-state index contributed by atoms with van der Waals surface area (Å²) < 4.78 is 0. The minimum atomic E-state index is 0.526. The quantitative estimate of drug-likeness (QED) is 0.682. The van der Waals surface area contributed by atoms with E-state index in [4.69, 9.17) is 0 Å². The van der Waals surface area contributed by atoms with Gasteiger partial charge in [0.2, 0.25) is 0 Å². The molecule has 0 N–H and O–H groups in total. The summed E-state index contributed by atoms with van der Waals surface area (Å²) in [6, 6.07) is 11.7. The van der Waals surface area contributed by atoms with Crippen molar-refractivity contribution in [3.8, 4) is 0 Å². The summed E-state index contributed by atoms with van der Waals surface area (Å²) in [5.74, 6) is 2.09. The maximum Gasteiger partial charge on any atom is 0.00388 e. The molecule has 5 unspecified atom stereocenters. The van der Waals surface area contributed by atoms with Crippen LogP contribution in [0.2, 0.25) is 0 Å². The van der Waals surface area contributed by atoms with Crippen LogP contribution in [0, 0.1) is 28.1 Å². The van der Waals surface area contributed by atoms with Crippen LogP contribution in [0.3, 0.4) is 0 Å². The second-order valence-corrected chi connectivity index (χ2v) is 11.8. The Kier molecular flexibility index (Phi) is 3.08. The van der Waals surface area contributed by atoms with Crippen molar-refractivity contribution in [2.45, 2.75) is 70.6 Å². The van der Waals surface area contributed by atoms with Crippen LogP contribution in [0.1, 0.15) is 70.8 Å². The van der Waals surface area contributed by atoms with Gasteiger partial charge in [0.15, 0.2) is 0 Å². The van der Waals surface area contributed by atoms with Crippen molar-refractivity contribution in [2.75, 3.05) is 19.6 Å². The summed E-state index contributed by atoms with van der Waals surface area (Å²) in [5, 5.41) is 0. The first-order valence-corrected chi connectivity index (χ1v) is 11.2. The minimum absolute atomic E-state index is 0.526. The van der Waals surface area contributed by atoms with Crippen molar-refractivity contribution in [2.24, 2.45) is 28.1 Å². The van der Waals surface area contributed by atoms with Gasteiger partial charge in [0.1, 0.15) is 0 Å². The zero-order valence-electron chi connectivity index (χ0n) is 16.8. The van der Waals surface area contributed by atoms with E-state index < -0.39 is 0 Å². The van der Waals surface area contributed by atoms with Gasteiger partial charge in [0, 0.05) is 18.5 Å². The fourth-order valence-corrected chi connectivity index (χ4v) is 9.26. The van der Waals surface area contributed by atoms with Gasteiger partial charge in [0.05, 0.1) is 0 Å². The summed E-state index contributed by atoms with van der Waals surface area (Å²) in [6.45, 7) is 9.05. The first-order chi connectivity index (χ1) is 12.4. The lowest BCUT2D eigenvalue weighted by Gasteiger charge is -2.59. The number of likely N-dealkylation sites (tertiary alicyclic amines) is 1. The number of piperidine rings is 1. The molecule has 1 aliphatic heterocycles. The molecular weight excluding hydrogens is 314 g/mol. The molecule has 0 aromatic heterocycles. The molecule has 1 aromatic carbocycles. The maximum absolute atomic E-state index is 2.88. The van der Waals surface area contributed by atoms with Crippen LogP contribution in [0.5, 0.6) is 0 Å². The average molecular weight is 350 g/mol. The van der Waals surface area contributed by atoms with Crippen LogP contribution >= 0.6 is 0 Å². The van der Waals surface area contributed by atoms with Crippen molar-refractivity contribution < 1.29 is 0 Å². The maximum atomic E-state index is 2.88. The van der Waals surface area contributed by atoms with Gasteiger partial charge in [-0.1, -0.05) is 44.2 Å². The molecule has 26 heavy (non-hydrogen) atoms. The third kappa shape index (κ3) is 1.96. The molecule has 1 aromatic rings. The van der Waals surface area contributed by atoms with Crippen molar-refractivity contribution in [3.63, 3.8) is 0 Å². The van der Waals surface area contributed by atoms with Gasteiger partial charge in [-0.15, -0.1) is 0 Å². The number of rotatable bonds is 3. The zero-order valence-corrected chi connectivity index (χ0v) is 16.8. The monoisotopic (exact) mass is 349 g/mol. The number of hydrogen-bond acceptors (Lipinski definition) is 1. The lowest BCUT2D eigenvalue weighted by molar-refractivity contribution is -0.0381. The van der Waals surface area contributed by atoms with Crippen LogP contribution in [0.4, 0.5) is 0 Å². The number of fused-ring (bicyclic) bond motifs is 2. The lowest BCUT2D eigenvalue weighted by atomic mass is 9.44. The Bertz CT molecular complexity index is 723. The fourth-order valence-electron chi connectivity index (χ4n) is 9.26. The van der Waals surface area contributed by atoms with Gasteiger partial charge in [-0.25, -0.2) is 0 Å². The van der Waals surface area contributed by atoms with E-state index in [2.05, 4.69) is 49.1 Å². The SMILES string of the molecule is CC1(C)CCCN(CC23CC4CC5CC(c6ccccc6)(C2)C5(C4)C3)C1. The summed E-state index contributed by atoms with van der Waals surface area (Å²) in [7, 11) is 0. The number of benzene rings is 1. The largest absolute Gasteiger partial charge is 0.302 e. The van der Waals surface area contributed by atoms with Crippen LogP contribution in [-0.2, 0) is 5.41 Å². The molecule has 0 amide bonds. The van der Waals surface area contributed by atoms with Gasteiger partial charge in [0.25, 0.3) is 0 Å². The first-order valence-electron chi connectivity index (χ1n) is 11.2. The lowest BCUT2D eigenvalue weighted by Crippen LogP contribution is -2.55. The smallest absolute Gasteiger partial charge is 0.00388 e. The van der Waals surface area contributed by atoms with Crippen LogP contribution in [-0.4, -0.2) is 24.5 Å². The summed E-state index contributed by atoms with van der Waals surface area (Å²) in [5.41, 5.74) is 4.06. The highest BCUT2D eigenvalue weighted by Crippen LogP contribution is 2.84. The molecule has 5 atom stereocenters. The second kappa shape index (κ2) is 4.96. The van der Waals surface area contributed by atoms with Crippen LogP contribution < -0.4 is 0 Å². The van der Waals surface area contributed by atoms with E-state index in [1.807, 2.05) is 0 Å². The molecule has 1 heterocycles. The highest BCUT2D eigenvalue weighted by Gasteiger charge is 2.78. The molecule has 6 rings (SSSR count). The predicted molar refractivity (Wildman–Crippen MR) is 107 cm³/mol. The Morgan fingerprint density at radius 2 is 1.88 bits per heavy atom. The highest BCUT2D eigenvalue weighted by atomic mass is 15.1. The fraction of sp³-hybridized carbons (Fsp3) is 0.760. The van der Waals surface area contributed by atoms with Gasteiger partial charge >= 0.3 is 0 Å².